The molecular weight excluding hydrogens is 324 g/mol. The average molecular weight is 337 g/mol. The van der Waals surface area contributed by atoms with E-state index in [-0.39, 0.29) is 5.78 Å². The van der Waals surface area contributed by atoms with E-state index in [9.17, 15) is 4.79 Å². The number of ether oxygens (including phenoxy) is 2. The number of thiazole rings is 1. The molecule has 7 heteroatoms. The average Bonchev–Trinajstić information content (AvgIpc) is 3.01. The van der Waals surface area contributed by atoms with Crippen molar-refractivity contribution in [3.63, 3.8) is 0 Å². The number of carbonyl (C=O) groups excluding carboxylic acids is 1. The first-order valence-corrected chi connectivity index (χ1v) is 7.93. The smallest absolute Gasteiger partial charge is 0.232 e. The van der Waals surface area contributed by atoms with E-state index >= 15 is 0 Å². The zero-order chi connectivity index (χ0) is 15.5. The van der Waals surface area contributed by atoms with Gasteiger partial charge in [-0.15, -0.1) is 11.3 Å². The summed E-state index contributed by atoms with van der Waals surface area (Å²) in [6.07, 6.45) is 2.50. The van der Waals surface area contributed by atoms with Crippen LogP contribution in [-0.4, -0.2) is 23.7 Å². The standard InChI is InChI=1S/C15H13ClN2O3S/c1-2-20-14-11(8-18-15-17-5-6-22-15)13(19)10-7-9(16)3-4-12(10)21-14/h3-8,14H,2H2,1H3,(H,17,18). The molecule has 1 unspecified atom stereocenters. The molecule has 0 saturated heterocycles. The van der Waals surface area contributed by atoms with Gasteiger partial charge < -0.3 is 14.8 Å². The van der Waals surface area contributed by atoms with Crippen molar-refractivity contribution in [3.8, 4) is 5.75 Å². The highest BCUT2D eigenvalue weighted by Crippen LogP contribution is 2.33. The highest BCUT2D eigenvalue weighted by atomic mass is 35.5. The van der Waals surface area contributed by atoms with Crippen LogP contribution in [0.3, 0.4) is 0 Å². The summed E-state index contributed by atoms with van der Waals surface area (Å²) in [6, 6.07) is 4.95. The summed E-state index contributed by atoms with van der Waals surface area (Å²) in [5.41, 5.74) is 0.808. The molecule has 2 heterocycles. The van der Waals surface area contributed by atoms with Crippen LogP contribution in [0.25, 0.3) is 0 Å². The number of anilines is 1. The Kier molecular flexibility index (Phi) is 4.42. The molecule has 1 aliphatic rings. The number of benzene rings is 1. The molecular formula is C15H13ClN2O3S. The van der Waals surface area contributed by atoms with Gasteiger partial charge in [-0.1, -0.05) is 11.6 Å². The van der Waals surface area contributed by atoms with Gasteiger partial charge in [0.1, 0.15) is 5.75 Å². The molecule has 114 valence electrons. The predicted molar refractivity (Wildman–Crippen MR) is 85.6 cm³/mol. The van der Waals surface area contributed by atoms with Crippen molar-refractivity contribution in [2.45, 2.75) is 13.2 Å². The first-order valence-electron chi connectivity index (χ1n) is 6.67. The maximum absolute atomic E-state index is 12.7. The van der Waals surface area contributed by atoms with Crippen LogP contribution < -0.4 is 10.1 Å². The first kappa shape index (κ1) is 15.0. The Morgan fingerprint density at radius 1 is 1.55 bits per heavy atom. The van der Waals surface area contributed by atoms with Crippen molar-refractivity contribution in [1.82, 2.24) is 4.98 Å². The number of carbonyl (C=O) groups is 1. The van der Waals surface area contributed by atoms with Gasteiger partial charge in [0.15, 0.2) is 5.13 Å². The van der Waals surface area contributed by atoms with Crippen molar-refractivity contribution < 1.29 is 14.3 Å². The minimum atomic E-state index is -0.751. The van der Waals surface area contributed by atoms with Gasteiger partial charge in [0.2, 0.25) is 12.1 Å². The second-order valence-electron chi connectivity index (χ2n) is 4.46. The third-order valence-corrected chi connectivity index (χ3v) is 3.98. The molecule has 1 N–H and O–H groups in total. The van der Waals surface area contributed by atoms with Gasteiger partial charge in [0.25, 0.3) is 0 Å². The molecule has 0 spiro atoms. The summed E-state index contributed by atoms with van der Waals surface area (Å²) in [7, 11) is 0. The van der Waals surface area contributed by atoms with Gasteiger partial charge in [-0.25, -0.2) is 4.98 Å². The Balaban J connectivity index is 1.95. The number of ketones is 1. The number of nitrogens with one attached hydrogen (secondary N) is 1. The molecule has 0 fully saturated rings. The lowest BCUT2D eigenvalue weighted by atomic mass is 10.00. The fourth-order valence-electron chi connectivity index (χ4n) is 2.07. The third-order valence-electron chi connectivity index (χ3n) is 3.04. The topological polar surface area (TPSA) is 60.5 Å². The van der Waals surface area contributed by atoms with Crippen molar-refractivity contribution >= 4 is 33.9 Å². The van der Waals surface area contributed by atoms with E-state index in [1.165, 1.54) is 11.3 Å². The first-order chi connectivity index (χ1) is 10.7. The SMILES string of the molecule is CCOC1Oc2ccc(Cl)cc2C(=O)C1=CNc1nccs1. The largest absolute Gasteiger partial charge is 0.460 e. The Labute approximate surface area is 136 Å². The molecule has 22 heavy (non-hydrogen) atoms. The van der Waals surface area contributed by atoms with E-state index in [4.69, 9.17) is 21.1 Å². The van der Waals surface area contributed by atoms with Crippen LogP contribution in [-0.2, 0) is 4.74 Å². The van der Waals surface area contributed by atoms with Gasteiger partial charge >= 0.3 is 0 Å². The highest BCUT2D eigenvalue weighted by molar-refractivity contribution is 7.13. The lowest BCUT2D eigenvalue weighted by Gasteiger charge is -2.27. The van der Waals surface area contributed by atoms with Crippen LogP contribution in [0.1, 0.15) is 17.3 Å². The van der Waals surface area contributed by atoms with Gasteiger partial charge in [-0.05, 0) is 25.1 Å². The summed E-state index contributed by atoms with van der Waals surface area (Å²) < 4.78 is 11.3. The van der Waals surface area contributed by atoms with E-state index < -0.39 is 6.29 Å². The van der Waals surface area contributed by atoms with Crippen molar-refractivity contribution in [1.29, 1.82) is 0 Å². The molecule has 1 aromatic carbocycles. The lowest BCUT2D eigenvalue weighted by Crippen LogP contribution is -2.33. The van der Waals surface area contributed by atoms with Crippen LogP contribution >= 0.6 is 22.9 Å². The van der Waals surface area contributed by atoms with E-state index in [1.54, 1.807) is 30.6 Å². The molecule has 1 aromatic heterocycles. The van der Waals surface area contributed by atoms with Crippen LogP contribution in [0.5, 0.6) is 5.75 Å². The van der Waals surface area contributed by atoms with Gasteiger partial charge in [-0.3, -0.25) is 4.79 Å². The van der Waals surface area contributed by atoms with Gasteiger partial charge in [0, 0.05) is 29.4 Å². The van der Waals surface area contributed by atoms with E-state index in [0.717, 1.165) is 0 Å². The van der Waals surface area contributed by atoms with Crippen LogP contribution in [0.2, 0.25) is 5.02 Å². The summed E-state index contributed by atoms with van der Waals surface area (Å²) >= 11 is 7.40. The minimum absolute atomic E-state index is 0.175. The number of hydrogen-bond donors (Lipinski definition) is 1. The fraction of sp³-hybridized carbons (Fsp3) is 0.200. The molecule has 0 radical (unpaired) electrons. The number of Topliss-reactive ketones (excluding diaryl/α,β-unsaturated/α-hetero) is 1. The van der Waals surface area contributed by atoms with Crippen LogP contribution in [0.15, 0.2) is 41.5 Å². The van der Waals surface area contributed by atoms with E-state index in [0.29, 0.717) is 33.6 Å². The number of aromatic nitrogens is 1. The number of fused-ring (bicyclic) bond motifs is 1. The normalized spacial score (nSPS) is 18.9. The second-order valence-corrected chi connectivity index (χ2v) is 5.79. The zero-order valence-electron chi connectivity index (χ0n) is 11.7. The predicted octanol–water partition coefficient (Wildman–Crippen LogP) is 3.73. The number of rotatable bonds is 4. The molecule has 1 aliphatic heterocycles. The van der Waals surface area contributed by atoms with Crippen molar-refractivity contribution in [2.75, 3.05) is 11.9 Å². The molecule has 0 amide bonds. The Hall–Kier alpha value is -1.89. The molecule has 2 aromatic rings. The van der Waals surface area contributed by atoms with Crippen LogP contribution in [0, 0.1) is 0 Å². The second kappa shape index (κ2) is 6.48. The summed E-state index contributed by atoms with van der Waals surface area (Å²) in [6.45, 7) is 2.27. The lowest BCUT2D eigenvalue weighted by molar-refractivity contribution is -0.0509. The summed E-state index contributed by atoms with van der Waals surface area (Å²) in [5, 5.41) is 6.00. The molecule has 0 saturated carbocycles. The van der Waals surface area contributed by atoms with Crippen molar-refractivity contribution in [2.24, 2.45) is 0 Å². The van der Waals surface area contributed by atoms with E-state index in [1.807, 2.05) is 12.3 Å². The maximum Gasteiger partial charge on any atom is 0.232 e. The van der Waals surface area contributed by atoms with E-state index in [2.05, 4.69) is 10.3 Å². The fourth-order valence-corrected chi connectivity index (χ4v) is 2.74. The van der Waals surface area contributed by atoms with Crippen LogP contribution in [0.4, 0.5) is 5.13 Å². The quantitative estimate of drug-likeness (QED) is 0.862. The number of nitrogens with zero attached hydrogens (tertiary/aromatic N) is 1. The molecule has 5 nitrogen and oxygen atoms in total. The third kappa shape index (κ3) is 2.99. The number of hydrogen-bond acceptors (Lipinski definition) is 6. The Morgan fingerprint density at radius 2 is 2.41 bits per heavy atom. The molecule has 1 atom stereocenters. The monoisotopic (exact) mass is 336 g/mol. The molecule has 3 rings (SSSR count). The van der Waals surface area contributed by atoms with Gasteiger partial charge in [-0.2, -0.15) is 0 Å². The summed E-state index contributed by atoms with van der Waals surface area (Å²) in [4.78, 5) is 16.8. The summed E-state index contributed by atoms with van der Waals surface area (Å²) in [5.74, 6) is 0.297. The Morgan fingerprint density at radius 3 is 3.14 bits per heavy atom. The zero-order valence-corrected chi connectivity index (χ0v) is 13.3. The maximum atomic E-state index is 12.7. The highest BCUT2D eigenvalue weighted by Gasteiger charge is 2.32. The minimum Gasteiger partial charge on any atom is -0.460 e. The molecule has 0 bridgehead atoms. The number of halogens is 1. The van der Waals surface area contributed by atoms with Crippen molar-refractivity contribution in [3.05, 3.63) is 52.1 Å². The van der Waals surface area contributed by atoms with Gasteiger partial charge in [0.05, 0.1) is 11.1 Å². The molecule has 0 aliphatic carbocycles. The Bertz CT molecular complexity index is 716.